The first kappa shape index (κ1) is 14.2. The largest absolute Gasteiger partial charge is 0.383 e. The quantitative estimate of drug-likeness (QED) is 0.555. The lowest BCUT2D eigenvalue weighted by Crippen LogP contribution is -2.33. The third-order valence-electron chi connectivity index (χ3n) is 1.87. The highest BCUT2D eigenvalue weighted by Crippen LogP contribution is 1.93. The van der Waals surface area contributed by atoms with Gasteiger partial charge < -0.3 is 9.47 Å². The Balaban J connectivity index is 3.50. The number of nitrogens with zero attached hydrogens (tertiary/aromatic N) is 1. The molecule has 0 aromatic heterocycles. The highest BCUT2D eigenvalue weighted by atomic mass is 35.5. The van der Waals surface area contributed by atoms with E-state index in [-0.39, 0.29) is 0 Å². The average Bonchev–Trinajstić information content (AvgIpc) is 2.13. The molecule has 0 aromatic carbocycles. The summed E-state index contributed by atoms with van der Waals surface area (Å²) in [4.78, 5) is 2.25. The second-order valence-electron chi connectivity index (χ2n) is 3.44. The average molecular weight is 224 g/mol. The Labute approximate surface area is 92.3 Å². The van der Waals surface area contributed by atoms with Gasteiger partial charge in [-0.05, 0) is 13.8 Å². The Morgan fingerprint density at radius 3 is 2.29 bits per heavy atom. The minimum absolute atomic E-state index is 0.301. The van der Waals surface area contributed by atoms with Crippen LogP contribution in [-0.4, -0.2) is 56.8 Å². The van der Waals surface area contributed by atoms with Crippen LogP contribution in [0.15, 0.2) is 0 Å². The van der Waals surface area contributed by atoms with Crippen molar-refractivity contribution in [3.63, 3.8) is 0 Å². The van der Waals surface area contributed by atoms with Gasteiger partial charge in [-0.25, -0.2) is 0 Å². The van der Waals surface area contributed by atoms with E-state index in [9.17, 15) is 0 Å². The van der Waals surface area contributed by atoms with Crippen molar-refractivity contribution in [3.8, 4) is 0 Å². The van der Waals surface area contributed by atoms with E-state index in [1.165, 1.54) is 0 Å². The van der Waals surface area contributed by atoms with Gasteiger partial charge in [0.15, 0.2) is 0 Å². The summed E-state index contributed by atoms with van der Waals surface area (Å²) in [6.45, 7) is 8.34. The van der Waals surface area contributed by atoms with Gasteiger partial charge in [0.1, 0.15) is 0 Å². The van der Waals surface area contributed by atoms with E-state index in [0.29, 0.717) is 12.0 Å². The molecule has 14 heavy (non-hydrogen) atoms. The fraction of sp³-hybridized carbons (Fsp3) is 1.00. The standard InChI is InChI=1S/C10H22ClNO2/c1-10(2)14-9-7-12(5-4-11)6-8-13-3/h10H,4-9H2,1-3H3. The highest BCUT2D eigenvalue weighted by molar-refractivity contribution is 6.18. The van der Waals surface area contributed by atoms with Crippen LogP contribution in [0.1, 0.15) is 13.8 Å². The van der Waals surface area contributed by atoms with E-state index >= 15 is 0 Å². The Kier molecular flexibility index (Phi) is 9.83. The fourth-order valence-corrected chi connectivity index (χ4v) is 1.33. The lowest BCUT2D eigenvalue weighted by atomic mass is 10.4. The van der Waals surface area contributed by atoms with Crippen LogP contribution < -0.4 is 0 Å². The summed E-state index contributed by atoms with van der Waals surface area (Å²) in [6.07, 6.45) is 0.301. The zero-order chi connectivity index (χ0) is 10.8. The van der Waals surface area contributed by atoms with Crippen molar-refractivity contribution < 1.29 is 9.47 Å². The fourth-order valence-electron chi connectivity index (χ4n) is 1.09. The number of alkyl halides is 1. The SMILES string of the molecule is COCCN(CCCl)CCOC(C)C. The molecule has 86 valence electrons. The first-order valence-electron chi connectivity index (χ1n) is 5.09. The smallest absolute Gasteiger partial charge is 0.0596 e. The number of hydrogen-bond acceptors (Lipinski definition) is 3. The van der Waals surface area contributed by atoms with Crippen LogP contribution in [0.3, 0.4) is 0 Å². The monoisotopic (exact) mass is 223 g/mol. The van der Waals surface area contributed by atoms with Crippen molar-refractivity contribution in [2.75, 3.05) is 45.8 Å². The second kappa shape index (κ2) is 9.71. The van der Waals surface area contributed by atoms with Crippen molar-refractivity contribution in [1.29, 1.82) is 0 Å². The maximum absolute atomic E-state index is 5.69. The van der Waals surface area contributed by atoms with E-state index < -0.39 is 0 Å². The van der Waals surface area contributed by atoms with Gasteiger partial charge in [-0.3, -0.25) is 4.90 Å². The Hall–Kier alpha value is 0.170. The molecule has 0 saturated heterocycles. The van der Waals surface area contributed by atoms with E-state index in [4.69, 9.17) is 21.1 Å². The number of rotatable bonds is 9. The number of halogens is 1. The van der Waals surface area contributed by atoms with Gasteiger partial charge in [0.25, 0.3) is 0 Å². The lowest BCUT2D eigenvalue weighted by molar-refractivity contribution is 0.0539. The first-order chi connectivity index (χ1) is 6.70. The minimum Gasteiger partial charge on any atom is -0.383 e. The van der Waals surface area contributed by atoms with Crippen molar-refractivity contribution in [2.24, 2.45) is 0 Å². The Bertz CT molecular complexity index is 123. The molecule has 0 aliphatic rings. The van der Waals surface area contributed by atoms with Crippen LogP contribution in [-0.2, 0) is 9.47 Å². The molecule has 0 heterocycles. The molecule has 0 rings (SSSR count). The van der Waals surface area contributed by atoms with Gasteiger partial charge in [-0.15, -0.1) is 11.6 Å². The molecule has 0 unspecified atom stereocenters. The molecule has 0 N–H and O–H groups in total. The summed E-state index contributed by atoms with van der Waals surface area (Å²) < 4.78 is 10.5. The van der Waals surface area contributed by atoms with E-state index in [2.05, 4.69) is 4.90 Å². The van der Waals surface area contributed by atoms with Crippen molar-refractivity contribution in [3.05, 3.63) is 0 Å². The molecular weight excluding hydrogens is 202 g/mol. The Morgan fingerprint density at radius 2 is 1.79 bits per heavy atom. The molecular formula is C10H22ClNO2. The molecule has 0 aliphatic carbocycles. The van der Waals surface area contributed by atoms with Gasteiger partial charge in [0, 0.05) is 32.6 Å². The molecule has 0 spiro atoms. The van der Waals surface area contributed by atoms with Crippen molar-refractivity contribution in [2.45, 2.75) is 20.0 Å². The van der Waals surface area contributed by atoms with Crippen LogP contribution >= 0.6 is 11.6 Å². The van der Waals surface area contributed by atoms with Gasteiger partial charge >= 0.3 is 0 Å². The number of hydrogen-bond donors (Lipinski definition) is 0. The summed E-state index contributed by atoms with van der Waals surface area (Å²) in [5.41, 5.74) is 0. The molecule has 0 bridgehead atoms. The molecule has 0 saturated carbocycles. The predicted octanol–water partition coefficient (Wildman–Crippen LogP) is 1.60. The molecule has 3 nitrogen and oxygen atoms in total. The minimum atomic E-state index is 0.301. The molecule has 0 atom stereocenters. The third-order valence-corrected chi connectivity index (χ3v) is 2.04. The zero-order valence-electron chi connectivity index (χ0n) is 9.46. The van der Waals surface area contributed by atoms with E-state index in [0.717, 1.165) is 32.8 Å². The van der Waals surface area contributed by atoms with Crippen LogP contribution in [0.5, 0.6) is 0 Å². The maximum atomic E-state index is 5.69. The molecule has 0 radical (unpaired) electrons. The zero-order valence-corrected chi connectivity index (χ0v) is 10.2. The molecule has 4 heteroatoms. The second-order valence-corrected chi connectivity index (χ2v) is 3.82. The first-order valence-corrected chi connectivity index (χ1v) is 5.63. The molecule has 0 aliphatic heterocycles. The van der Waals surface area contributed by atoms with Crippen molar-refractivity contribution >= 4 is 11.6 Å². The van der Waals surface area contributed by atoms with Crippen LogP contribution in [0.2, 0.25) is 0 Å². The lowest BCUT2D eigenvalue weighted by Gasteiger charge is -2.21. The summed E-state index contributed by atoms with van der Waals surface area (Å²) in [5.74, 6) is 0.658. The van der Waals surface area contributed by atoms with Gasteiger partial charge in [-0.2, -0.15) is 0 Å². The Morgan fingerprint density at radius 1 is 1.14 bits per heavy atom. The maximum Gasteiger partial charge on any atom is 0.0596 e. The molecule has 0 fully saturated rings. The van der Waals surface area contributed by atoms with Gasteiger partial charge in [0.05, 0.1) is 19.3 Å². The summed E-state index contributed by atoms with van der Waals surface area (Å²) in [5, 5.41) is 0. The number of ether oxygens (including phenoxy) is 2. The predicted molar refractivity (Wildman–Crippen MR) is 60.1 cm³/mol. The highest BCUT2D eigenvalue weighted by Gasteiger charge is 2.03. The topological polar surface area (TPSA) is 21.7 Å². The van der Waals surface area contributed by atoms with Crippen LogP contribution in [0, 0.1) is 0 Å². The summed E-state index contributed by atoms with van der Waals surface area (Å²) in [7, 11) is 1.71. The summed E-state index contributed by atoms with van der Waals surface area (Å²) in [6, 6.07) is 0. The number of methoxy groups -OCH3 is 1. The van der Waals surface area contributed by atoms with Crippen LogP contribution in [0.4, 0.5) is 0 Å². The van der Waals surface area contributed by atoms with Crippen molar-refractivity contribution in [1.82, 2.24) is 4.90 Å². The van der Waals surface area contributed by atoms with Gasteiger partial charge in [0.2, 0.25) is 0 Å². The van der Waals surface area contributed by atoms with E-state index in [1.54, 1.807) is 7.11 Å². The summed E-state index contributed by atoms with van der Waals surface area (Å²) >= 11 is 5.69. The van der Waals surface area contributed by atoms with Crippen LogP contribution in [0.25, 0.3) is 0 Å². The van der Waals surface area contributed by atoms with Gasteiger partial charge in [-0.1, -0.05) is 0 Å². The molecule has 0 amide bonds. The normalized spacial score (nSPS) is 11.6. The molecule has 0 aromatic rings. The van der Waals surface area contributed by atoms with E-state index in [1.807, 2.05) is 13.8 Å². The third kappa shape index (κ3) is 8.75.